The summed E-state index contributed by atoms with van der Waals surface area (Å²) in [5.41, 5.74) is -2.77. The third-order valence-electron chi connectivity index (χ3n) is 27.4. The molecule has 21 N–H and O–H groups in total. The summed E-state index contributed by atoms with van der Waals surface area (Å²) < 4.78 is 84.7. The van der Waals surface area contributed by atoms with Crippen LogP contribution >= 0.6 is 0 Å². The van der Waals surface area contributed by atoms with Gasteiger partial charge in [-0.1, -0.05) is 53.2 Å². The highest BCUT2D eigenvalue weighted by atomic mass is 16.8. The van der Waals surface area contributed by atoms with Gasteiger partial charge in [-0.2, -0.15) is 0 Å². The predicted molar refractivity (Wildman–Crippen MR) is 353 cm³/mol. The Morgan fingerprint density at radius 3 is 1.52 bits per heavy atom. The standard InChI is InChI=1S/C71H116O36/c1-26-38(76)55(104-59-49(87)44(82)34(24-95-59)101-60-51(89)46(84)41(79)31(21-73)99-60)54(92)63(96-26)106-57-56(105-61-52(90)47(85)42(80)32(22-74)100-61)39(77)27(2)97-64(57)103-37-12-13-67(5)35(68(37,6)25-75)11-14-70(8)36(67)10-9-28-29-19-66(3,4)15-17-71(29,18-16-69(28,70)7)65(93)107-62-53(91)48(86)43(81)33(102-62)23-94-58-50(88)45(83)40(78)30(20-72)98-58/h9,26-27,29-64,72-92H,10-25H2,1-8H3/t26-,27-,29+,30-,31-,32-,33-,34-,35-,36-,37+,38-,39-,40-,41-,42-,43-,44+,45+,46+,47+,48+,49-,50-,51-,52-,53-,54+,55+,56+,57+,58-,59+,60+,61+,62+,63+,64+,67+,68+,69-,70-,71+/m1/s1. The Morgan fingerprint density at radius 1 is 0.449 bits per heavy atom. The molecule has 7 saturated heterocycles. The summed E-state index contributed by atoms with van der Waals surface area (Å²) in [6.07, 6.45) is -52.2. The van der Waals surface area contributed by atoms with E-state index in [1.165, 1.54) is 13.8 Å². The largest absolute Gasteiger partial charge is 0.432 e. The fourth-order valence-electron chi connectivity index (χ4n) is 20.4. The lowest BCUT2D eigenvalue weighted by atomic mass is 9.33. The topological polar surface area (TPSA) is 571 Å². The molecule has 5 aliphatic carbocycles. The van der Waals surface area contributed by atoms with Gasteiger partial charge in [0.25, 0.3) is 0 Å². The lowest BCUT2D eigenvalue weighted by molar-refractivity contribution is -0.403. The van der Waals surface area contributed by atoms with Gasteiger partial charge in [0, 0.05) is 5.41 Å². The number of ether oxygens (including phenoxy) is 14. The fraction of sp³-hybridized carbons (Fsp3) is 0.958. The molecule has 4 saturated carbocycles. The van der Waals surface area contributed by atoms with Gasteiger partial charge < -0.3 is 174 Å². The quantitative estimate of drug-likeness (QED) is 0.0325. The van der Waals surface area contributed by atoms with E-state index >= 15 is 4.79 Å². The first kappa shape index (κ1) is 84.3. The Hall–Kier alpha value is -2.15. The zero-order valence-corrected chi connectivity index (χ0v) is 61.3. The van der Waals surface area contributed by atoms with Crippen molar-refractivity contribution in [2.45, 2.75) is 335 Å². The van der Waals surface area contributed by atoms with Crippen LogP contribution in [0.2, 0.25) is 0 Å². The van der Waals surface area contributed by atoms with Gasteiger partial charge in [-0.3, -0.25) is 4.79 Å². The first-order valence-corrected chi connectivity index (χ1v) is 37.7. The number of hydrogen-bond acceptors (Lipinski definition) is 36. The molecule has 107 heavy (non-hydrogen) atoms. The minimum Gasteiger partial charge on any atom is -0.432 e. The molecule has 0 bridgehead atoms. The Bertz CT molecular complexity index is 3030. The number of aliphatic hydroxyl groups excluding tert-OH is 21. The highest BCUT2D eigenvalue weighted by Crippen LogP contribution is 2.76. The molecular weight excluding hydrogens is 1430 g/mol. The number of hydrogen-bond donors (Lipinski definition) is 21. The first-order valence-electron chi connectivity index (χ1n) is 37.7. The highest BCUT2D eigenvalue weighted by molar-refractivity contribution is 5.79. The number of rotatable bonds is 19. The Morgan fingerprint density at radius 2 is 0.935 bits per heavy atom. The Labute approximate surface area is 618 Å². The average molecular weight is 1550 g/mol. The van der Waals surface area contributed by atoms with Crippen molar-refractivity contribution in [2.75, 3.05) is 39.6 Å². The van der Waals surface area contributed by atoms with Gasteiger partial charge in [-0.25, -0.2) is 0 Å². The van der Waals surface area contributed by atoms with Gasteiger partial charge in [0.2, 0.25) is 6.29 Å². The third-order valence-corrected chi connectivity index (χ3v) is 27.4. The third kappa shape index (κ3) is 14.8. The van der Waals surface area contributed by atoms with Crippen LogP contribution in [0.1, 0.15) is 120 Å². The van der Waals surface area contributed by atoms with Gasteiger partial charge in [0.15, 0.2) is 37.7 Å². The lowest BCUT2D eigenvalue weighted by Crippen LogP contribution is -2.68. The van der Waals surface area contributed by atoms with Crippen molar-refractivity contribution in [3.05, 3.63) is 11.6 Å². The number of esters is 1. The van der Waals surface area contributed by atoms with Gasteiger partial charge in [0.1, 0.15) is 153 Å². The molecule has 7 aliphatic heterocycles. The van der Waals surface area contributed by atoms with Crippen molar-refractivity contribution in [3.63, 3.8) is 0 Å². The molecule has 0 unspecified atom stereocenters. The van der Waals surface area contributed by atoms with Crippen LogP contribution in [0, 0.1) is 50.2 Å². The molecule has 12 aliphatic rings. The maximum absolute atomic E-state index is 15.3. The van der Waals surface area contributed by atoms with E-state index in [9.17, 15) is 107 Å². The number of carbonyl (C=O) groups is 1. The van der Waals surface area contributed by atoms with E-state index in [2.05, 4.69) is 40.7 Å². The summed E-state index contributed by atoms with van der Waals surface area (Å²) >= 11 is 0. The SMILES string of the molecule is C[C@H]1O[C@@H](O[C@@H]2[C@H](O[C@H]3CC[C@@]4(C)[C@@H](CC[C@]5(C)[C@@H]4CC=C4[C@@H]6CC(C)(C)CC[C@]6(C(=O)O[C@@H]6O[C@H](CO[C@@H]7O[C@H](CO)[C@@H](O)[C@H](O)[C@H]7O)[C@@H](O)[C@H](O)[C@H]6O)CC[C@]45C)[C@]3(C)CO)O[C@H](C)[C@@H](O)[C@@H]2O[C@@H]2O[C@H](CO)[C@@H](O)[C@H](O)[C@H]2O)[C@@H](O)[C@@H](O[C@@H]2OC[C@@H](O[C@@H]3O[C@H](CO)[C@@H](O)[C@H](O)[C@H]3O)[C@H](O)[C@H]2O)[C@@H]1O. The smallest absolute Gasteiger partial charge is 0.315 e. The van der Waals surface area contributed by atoms with Crippen molar-refractivity contribution < 1.29 is 178 Å². The second-order valence-electron chi connectivity index (χ2n) is 34.1. The van der Waals surface area contributed by atoms with Crippen LogP contribution in [0.25, 0.3) is 0 Å². The van der Waals surface area contributed by atoms with E-state index in [0.29, 0.717) is 64.2 Å². The molecule has 0 aromatic carbocycles. The van der Waals surface area contributed by atoms with Gasteiger partial charge in [-0.15, -0.1) is 0 Å². The summed E-state index contributed by atoms with van der Waals surface area (Å²) in [5, 5.41) is 230. The number of allylic oxidation sites excluding steroid dienone is 2. The summed E-state index contributed by atoms with van der Waals surface area (Å²) in [7, 11) is 0. The maximum atomic E-state index is 15.3. The zero-order chi connectivity index (χ0) is 78.0. The number of carbonyl (C=O) groups excluding carboxylic acids is 1. The summed E-state index contributed by atoms with van der Waals surface area (Å²) in [6, 6.07) is 0. The fourth-order valence-corrected chi connectivity index (χ4v) is 20.4. The van der Waals surface area contributed by atoms with E-state index in [1.807, 2.05) is 6.92 Å². The van der Waals surface area contributed by atoms with Crippen LogP contribution in [-0.2, 0) is 71.1 Å². The molecule has 0 spiro atoms. The van der Waals surface area contributed by atoms with Crippen LogP contribution in [0.15, 0.2) is 11.6 Å². The molecule has 43 atom stereocenters. The monoisotopic (exact) mass is 1540 g/mol. The van der Waals surface area contributed by atoms with Gasteiger partial charge in [0.05, 0.1) is 63.4 Å². The van der Waals surface area contributed by atoms with E-state index in [0.717, 1.165) is 5.57 Å². The first-order chi connectivity index (χ1) is 50.3. The average Bonchev–Trinajstić information content (AvgIpc) is 0.675. The molecule has 0 aromatic heterocycles. The van der Waals surface area contributed by atoms with Crippen LogP contribution in [0.3, 0.4) is 0 Å². The molecule has 36 nitrogen and oxygen atoms in total. The molecule has 11 fully saturated rings. The Kier molecular flexibility index (Phi) is 25.3. The van der Waals surface area contributed by atoms with Crippen LogP contribution < -0.4 is 0 Å². The van der Waals surface area contributed by atoms with Crippen molar-refractivity contribution >= 4 is 5.97 Å². The molecule has 0 amide bonds. The van der Waals surface area contributed by atoms with Crippen molar-refractivity contribution in [3.8, 4) is 0 Å². The van der Waals surface area contributed by atoms with E-state index < -0.39 is 288 Å². The highest BCUT2D eigenvalue weighted by Gasteiger charge is 2.71. The molecule has 616 valence electrons. The van der Waals surface area contributed by atoms with Crippen molar-refractivity contribution in [1.29, 1.82) is 0 Å². The number of aliphatic hydroxyl groups is 21. The second-order valence-corrected chi connectivity index (χ2v) is 34.1. The van der Waals surface area contributed by atoms with E-state index in [1.54, 1.807) is 0 Å². The van der Waals surface area contributed by atoms with Crippen molar-refractivity contribution in [1.82, 2.24) is 0 Å². The van der Waals surface area contributed by atoms with Crippen LogP contribution in [0.4, 0.5) is 0 Å². The van der Waals surface area contributed by atoms with E-state index in [4.69, 9.17) is 66.3 Å². The molecule has 12 rings (SSSR count). The lowest BCUT2D eigenvalue weighted by Gasteiger charge is -2.71. The van der Waals surface area contributed by atoms with Crippen molar-refractivity contribution in [2.24, 2.45) is 50.2 Å². The normalized spacial score (nSPS) is 55.1. The van der Waals surface area contributed by atoms with Gasteiger partial charge in [-0.05, 0) is 117 Å². The molecule has 0 radical (unpaired) electrons. The second kappa shape index (κ2) is 32.1. The Balaban J connectivity index is 0.779. The van der Waals surface area contributed by atoms with Gasteiger partial charge >= 0.3 is 5.97 Å². The zero-order valence-electron chi connectivity index (χ0n) is 61.3. The summed E-state index contributed by atoms with van der Waals surface area (Å²) in [5.74, 6) is -1.30. The summed E-state index contributed by atoms with van der Waals surface area (Å²) in [6.45, 7) is 12.0. The van der Waals surface area contributed by atoms with Crippen LogP contribution in [0.5, 0.6) is 0 Å². The van der Waals surface area contributed by atoms with E-state index in [-0.39, 0.29) is 23.2 Å². The summed E-state index contributed by atoms with van der Waals surface area (Å²) in [4.78, 5) is 15.3. The molecule has 0 aromatic rings. The van der Waals surface area contributed by atoms with Crippen LogP contribution in [-0.4, -0.2) is 368 Å². The predicted octanol–water partition coefficient (Wildman–Crippen LogP) is -6.90. The minimum absolute atomic E-state index is 0.0215. The number of fused-ring (bicyclic) bond motifs is 7. The maximum Gasteiger partial charge on any atom is 0.315 e. The molecule has 7 heterocycles. The molecule has 36 heteroatoms. The minimum atomic E-state index is -2.06. The molecular formula is C71H116O36.